The van der Waals surface area contributed by atoms with Crippen molar-refractivity contribution in [2.75, 3.05) is 11.9 Å². The smallest absolute Gasteiger partial charge is 0.408 e. The van der Waals surface area contributed by atoms with Crippen molar-refractivity contribution in [3.8, 4) is 0 Å². The molecule has 0 spiro atoms. The molecular formula is C26H34F4N4O5. The van der Waals surface area contributed by atoms with Crippen molar-refractivity contribution < 1.29 is 41.5 Å². The lowest BCUT2D eigenvalue weighted by molar-refractivity contribution is -0.139. The summed E-state index contributed by atoms with van der Waals surface area (Å²) in [6, 6.07) is 0.679. The number of halogens is 4. The first-order valence-electron chi connectivity index (χ1n) is 12.7. The highest BCUT2D eigenvalue weighted by Gasteiger charge is 2.48. The molecule has 3 rings (SSSR count). The zero-order valence-electron chi connectivity index (χ0n) is 22.2. The van der Waals surface area contributed by atoms with E-state index >= 15 is 4.39 Å². The summed E-state index contributed by atoms with van der Waals surface area (Å²) >= 11 is 0. The Kier molecular flexibility index (Phi) is 8.81. The fourth-order valence-corrected chi connectivity index (χ4v) is 4.61. The predicted octanol–water partition coefficient (Wildman–Crippen LogP) is 3.97. The molecule has 0 heterocycles. The van der Waals surface area contributed by atoms with Gasteiger partial charge in [0.25, 0.3) is 0 Å². The number of nitrogens with two attached hydrogens (primary N) is 1. The van der Waals surface area contributed by atoms with E-state index in [0.29, 0.717) is 0 Å². The van der Waals surface area contributed by atoms with Crippen molar-refractivity contribution >= 4 is 29.5 Å². The molecule has 2 saturated carbocycles. The molecule has 0 radical (unpaired) electrons. The third-order valence-corrected chi connectivity index (χ3v) is 6.66. The minimum Gasteiger partial charge on any atom is -0.444 e. The second-order valence-corrected chi connectivity index (χ2v) is 11.2. The van der Waals surface area contributed by atoms with Gasteiger partial charge in [0.15, 0.2) is 0 Å². The number of hydrogen-bond acceptors (Lipinski definition) is 5. The Morgan fingerprint density at radius 3 is 2.05 bits per heavy atom. The fraction of sp³-hybridized carbons (Fsp3) is 0.615. The number of primary amides is 1. The summed E-state index contributed by atoms with van der Waals surface area (Å²) in [5.41, 5.74) is 3.58. The monoisotopic (exact) mass is 558 g/mol. The number of alkyl halides is 3. The Bertz CT molecular complexity index is 1110. The Balaban J connectivity index is 1.86. The van der Waals surface area contributed by atoms with Crippen LogP contribution < -0.4 is 21.7 Å². The van der Waals surface area contributed by atoms with Gasteiger partial charge in [-0.3, -0.25) is 14.4 Å². The summed E-state index contributed by atoms with van der Waals surface area (Å²) in [5.74, 6) is -5.04. The van der Waals surface area contributed by atoms with Gasteiger partial charge in [-0.15, -0.1) is 0 Å². The van der Waals surface area contributed by atoms with E-state index in [2.05, 4.69) is 10.6 Å². The highest BCUT2D eigenvalue weighted by molar-refractivity contribution is 6.01. The number of alkyl carbamates (subject to hydrolysis) is 1. The molecule has 1 unspecified atom stereocenters. The quantitative estimate of drug-likeness (QED) is 0.322. The van der Waals surface area contributed by atoms with E-state index in [0.717, 1.165) is 37.8 Å². The van der Waals surface area contributed by atoms with Crippen LogP contribution in [0.1, 0.15) is 75.2 Å². The largest absolute Gasteiger partial charge is 0.444 e. The van der Waals surface area contributed by atoms with Crippen LogP contribution in [0.25, 0.3) is 0 Å². The lowest BCUT2D eigenvalue weighted by Crippen LogP contribution is -2.51. The number of amides is 4. The van der Waals surface area contributed by atoms with Crippen LogP contribution in [0.2, 0.25) is 0 Å². The molecule has 0 saturated heterocycles. The summed E-state index contributed by atoms with van der Waals surface area (Å²) in [5, 5.41) is 6.74. The van der Waals surface area contributed by atoms with Crippen LogP contribution in [0.15, 0.2) is 12.1 Å². The molecule has 5 N–H and O–H groups in total. The molecular weight excluding hydrogens is 524 g/mol. The molecule has 4 amide bonds. The van der Waals surface area contributed by atoms with Crippen LogP contribution in [-0.4, -0.2) is 48.2 Å². The van der Waals surface area contributed by atoms with Crippen LogP contribution in [0, 0.1) is 23.6 Å². The molecule has 13 heteroatoms. The minimum atomic E-state index is -4.66. The number of carbonyl (C=O) groups is 4. The standard InChI is InChI=1S/C26H34F4N4O5/c1-12(22(36)32-11-26(28,29)30)15-9-17(27)18(10-16(15)21(31)35)33-23(37)20(34-24(38)39-25(2,3)4)19(13-5-6-13)14-7-8-14/h9-10,12-14,19-20H,5-8,11H2,1-4H3,(H2,31,35)(H,32,36)(H,33,37)(H,34,38)/t12?,20-/m0/s1. The third kappa shape index (κ3) is 8.56. The number of rotatable bonds is 10. The van der Waals surface area contributed by atoms with Gasteiger partial charge in [-0.25, -0.2) is 9.18 Å². The van der Waals surface area contributed by atoms with Crippen molar-refractivity contribution in [1.29, 1.82) is 0 Å². The van der Waals surface area contributed by atoms with Crippen molar-refractivity contribution in [3.05, 3.63) is 29.1 Å². The maximum atomic E-state index is 15.2. The summed E-state index contributed by atoms with van der Waals surface area (Å²) in [6.45, 7) is 4.62. The Morgan fingerprint density at radius 1 is 1.03 bits per heavy atom. The second kappa shape index (κ2) is 11.4. The number of hydrogen-bond donors (Lipinski definition) is 4. The van der Waals surface area contributed by atoms with E-state index < -0.39 is 65.6 Å². The van der Waals surface area contributed by atoms with E-state index in [1.165, 1.54) is 6.92 Å². The molecule has 0 aromatic heterocycles. The Labute approximate surface area is 223 Å². The number of benzene rings is 1. The summed E-state index contributed by atoms with van der Waals surface area (Å²) in [4.78, 5) is 50.4. The van der Waals surface area contributed by atoms with Gasteiger partial charge in [0, 0.05) is 5.56 Å². The van der Waals surface area contributed by atoms with Crippen molar-refractivity contribution in [3.63, 3.8) is 0 Å². The maximum Gasteiger partial charge on any atom is 0.408 e. The summed E-state index contributed by atoms with van der Waals surface area (Å²) in [6.07, 6.45) is -1.90. The summed E-state index contributed by atoms with van der Waals surface area (Å²) < 4.78 is 58.0. The highest BCUT2D eigenvalue weighted by Crippen LogP contribution is 2.51. The van der Waals surface area contributed by atoms with Crippen LogP contribution in [-0.2, 0) is 14.3 Å². The molecule has 216 valence electrons. The van der Waals surface area contributed by atoms with Gasteiger partial charge in [-0.05, 0) is 88.8 Å². The predicted molar refractivity (Wildman–Crippen MR) is 133 cm³/mol. The average Bonchev–Trinajstić information content (AvgIpc) is 3.70. The minimum absolute atomic E-state index is 0.187. The Morgan fingerprint density at radius 2 is 1.59 bits per heavy atom. The van der Waals surface area contributed by atoms with Crippen LogP contribution in [0.4, 0.5) is 28.0 Å². The zero-order chi connectivity index (χ0) is 29.3. The first kappa shape index (κ1) is 30.2. The highest BCUT2D eigenvalue weighted by atomic mass is 19.4. The molecule has 2 aliphatic carbocycles. The molecule has 2 fully saturated rings. The zero-order valence-corrected chi connectivity index (χ0v) is 22.2. The molecule has 9 nitrogen and oxygen atoms in total. The average molecular weight is 559 g/mol. The SMILES string of the molecule is CC(C(=O)NCC(F)(F)F)c1cc(F)c(NC(=O)[C@@H](NC(=O)OC(C)(C)C)C(C2CC2)C2CC2)cc1C(N)=O. The molecule has 2 atom stereocenters. The van der Waals surface area contributed by atoms with E-state index in [-0.39, 0.29) is 28.9 Å². The van der Waals surface area contributed by atoms with E-state index in [4.69, 9.17) is 10.5 Å². The lowest BCUT2D eigenvalue weighted by Gasteiger charge is -2.29. The van der Waals surface area contributed by atoms with E-state index in [1.807, 2.05) is 0 Å². The lowest BCUT2D eigenvalue weighted by atomic mass is 9.88. The summed E-state index contributed by atoms with van der Waals surface area (Å²) in [7, 11) is 0. The third-order valence-electron chi connectivity index (χ3n) is 6.66. The maximum absolute atomic E-state index is 15.2. The first-order valence-corrected chi connectivity index (χ1v) is 12.7. The van der Waals surface area contributed by atoms with Gasteiger partial charge in [-0.1, -0.05) is 0 Å². The number of nitrogens with one attached hydrogen (secondary N) is 3. The van der Waals surface area contributed by atoms with Crippen LogP contribution >= 0.6 is 0 Å². The number of ether oxygens (including phenoxy) is 1. The molecule has 2 aliphatic rings. The van der Waals surface area contributed by atoms with Gasteiger partial charge < -0.3 is 26.4 Å². The first-order chi connectivity index (χ1) is 18.0. The van der Waals surface area contributed by atoms with E-state index in [9.17, 15) is 32.3 Å². The van der Waals surface area contributed by atoms with Crippen molar-refractivity contribution in [2.24, 2.45) is 23.5 Å². The molecule has 1 aromatic rings. The number of carbonyl (C=O) groups excluding carboxylic acids is 4. The van der Waals surface area contributed by atoms with Crippen LogP contribution in [0.3, 0.4) is 0 Å². The molecule has 0 aliphatic heterocycles. The van der Waals surface area contributed by atoms with Gasteiger partial charge in [0.1, 0.15) is 24.0 Å². The van der Waals surface area contributed by atoms with Gasteiger partial charge in [0.2, 0.25) is 17.7 Å². The molecule has 0 bridgehead atoms. The van der Waals surface area contributed by atoms with Crippen molar-refractivity contribution in [2.45, 2.75) is 77.1 Å². The molecule has 39 heavy (non-hydrogen) atoms. The Hall–Kier alpha value is -3.38. The van der Waals surface area contributed by atoms with Crippen LogP contribution in [0.5, 0.6) is 0 Å². The van der Waals surface area contributed by atoms with Crippen molar-refractivity contribution in [1.82, 2.24) is 10.6 Å². The fourth-order valence-electron chi connectivity index (χ4n) is 4.61. The number of anilines is 1. The topological polar surface area (TPSA) is 140 Å². The second-order valence-electron chi connectivity index (χ2n) is 11.2. The van der Waals surface area contributed by atoms with Gasteiger partial charge in [0.05, 0.1) is 11.6 Å². The molecule has 1 aromatic carbocycles. The van der Waals surface area contributed by atoms with Gasteiger partial charge >= 0.3 is 12.3 Å². The normalized spacial score (nSPS) is 17.3. The van der Waals surface area contributed by atoms with E-state index in [1.54, 1.807) is 26.1 Å². The van der Waals surface area contributed by atoms with Gasteiger partial charge in [-0.2, -0.15) is 13.2 Å².